The van der Waals surface area contributed by atoms with Gasteiger partial charge in [-0.25, -0.2) is 0 Å². The summed E-state index contributed by atoms with van der Waals surface area (Å²) in [5, 5.41) is 7.07. The molecule has 0 bridgehead atoms. The fraction of sp³-hybridized carbons (Fsp3) is 0.0278. The van der Waals surface area contributed by atoms with E-state index in [1.807, 2.05) is 0 Å². The maximum absolute atomic E-state index is 6.60. The lowest BCUT2D eigenvalue weighted by atomic mass is 9.89. The molecule has 1 aliphatic carbocycles. The first-order valence-corrected chi connectivity index (χ1v) is 26.0. The summed E-state index contributed by atoms with van der Waals surface area (Å²) in [5.74, 6) is 0. The molecule has 0 radical (unpaired) electrons. The minimum Gasteiger partial charge on any atom is -0.456 e. The topological polar surface area (TPSA) is 23.0 Å². The average molecular weight is 957 g/mol. The van der Waals surface area contributed by atoms with Gasteiger partial charge in [-0.3, -0.25) is 0 Å². The van der Waals surface area contributed by atoms with Crippen LogP contribution in [-0.4, -0.2) is 9.13 Å². The Labute approximate surface area is 434 Å². The number of aromatic nitrogens is 2. The Hall–Kier alpha value is -9.70. The Morgan fingerprint density at radius 3 is 1.23 bits per heavy atom. The number of benzene rings is 11. The Balaban J connectivity index is 0.795. The van der Waals surface area contributed by atoms with E-state index >= 15 is 0 Å². The molecule has 14 aromatic rings. The van der Waals surface area contributed by atoms with Gasteiger partial charge in [0.15, 0.2) is 0 Å². The minimum absolute atomic E-state index is 0.869. The second kappa shape index (κ2) is 17.5. The Bertz CT molecular complexity index is 4640. The number of para-hydroxylation sites is 2. The molecule has 15 rings (SSSR count). The van der Waals surface area contributed by atoms with Crippen LogP contribution in [0, 0.1) is 0 Å². The van der Waals surface area contributed by atoms with E-state index in [0.717, 1.165) is 51.7 Å². The van der Waals surface area contributed by atoms with E-state index in [-0.39, 0.29) is 0 Å². The molecule has 0 amide bonds. The molecule has 0 spiro atoms. The van der Waals surface area contributed by atoms with Gasteiger partial charge in [0, 0.05) is 43.7 Å². The lowest BCUT2D eigenvalue weighted by molar-refractivity contribution is 0.669. The van der Waals surface area contributed by atoms with E-state index in [2.05, 4.69) is 276 Å². The van der Waals surface area contributed by atoms with Crippen molar-refractivity contribution in [2.24, 2.45) is 0 Å². The van der Waals surface area contributed by atoms with Crippen LogP contribution in [-0.2, 0) is 0 Å². The van der Waals surface area contributed by atoms with Gasteiger partial charge in [0.05, 0.1) is 22.1 Å². The van der Waals surface area contributed by atoms with Crippen LogP contribution in [0.1, 0.15) is 24.0 Å². The molecule has 3 aromatic heterocycles. The lowest BCUT2D eigenvalue weighted by Gasteiger charge is -2.15. The maximum Gasteiger partial charge on any atom is 0.135 e. The van der Waals surface area contributed by atoms with Gasteiger partial charge in [0.1, 0.15) is 11.2 Å². The SMILES string of the molecule is C1=C(c2cccc(-c3ccc4c(c3)c3ccccc3n4-c3ccc4oc5ccc(-n6c7ccccc7c7cc(-c8cccc(-c9cccc(-c%10ccccc%10)c9)c8)ccc76)cc5c4c3)c2)C=C(c2ccccc2)CC1. The van der Waals surface area contributed by atoms with Crippen molar-refractivity contribution >= 4 is 76.7 Å². The number of fused-ring (bicyclic) bond motifs is 9. The zero-order valence-corrected chi connectivity index (χ0v) is 41.1. The van der Waals surface area contributed by atoms with Gasteiger partial charge in [-0.2, -0.15) is 0 Å². The summed E-state index contributed by atoms with van der Waals surface area (Å²) in [7, 11) is 0. The van der Waals surface area contributed by atoms with Gasteiger partial charge in [0.2, 0.25) is 0 Å². The molecule has 1 aliphatic rings. The van der Waals surface area contributed by atoms with Gasteiger partial charge >= 0.3 is 0 Å². The Morgan fingerprint density at radius 2 is 0.693 bits per heavy atom. The monoisotopic (exact) mass is 956 g/mol. The zero-order valence-electron chi connectivity index (χ0n) is 41.1. The molecule has 0 fully saturated rings. The maximum atomic E-state index is 6.60. The summed E-state index contributed by atoms with van der Waals surface area (Å²) in [6, 6.07) is 93.0. The van der Waals surface area contributed by atoms with Gasteiger partial charge in [-0.1, -0.05) is 176 Å². The van der Waals surface area contributed by atoms with Crippen LogP contribution in [0.5, 0.6) is 0 Å². The highest BCUT2D eigenvalue weighted by atomic mass is 16.3. The quantitative estimate of drug-likeness (QED) is 0.149. The molecule has 0 unspecified atom stereocenters. The predicted octanol–water partition coefficient (Wildman–Crippen LogP) is 19.7. The Morgan fingerprint density at radius 1 is 0.280 bits per heavy atom. The number of furan rings is 1. The number of allylic oxidation sites excluding steroid dienone is 4. The van der Waals surface area contributed by atoms with Gasteiger partial charge in [-0.15, -0.1) is 0 Å². The number of hydrogen-bond acceptors (Lipinski definition) is 1. The van der Waals surface area contributed by atoms with Crippen molar-refractivity contribution in [1.82, 2.24) is 9.13 Å². The first-order chi connectivity index (χ1) is 37.1. The van der Waals surface area contributed by atoms with E-state index < -0.39 is 0 Å². The summed E-state index contributed by atoms with van der Waals surface area (Å²) < 4.78 is 11.4. The largest absolute Gasteiger partial charge is 0.456 e. The van der Waals surface area contributed by atoms with E-state index in [9.17, 15) is 0 Å². The van der Waals surface area contributed by atoms with E-state index in [1.54, 1.807) is 0 Å². The highest BCUT2D eigenvalue weighted by Crippen LogP contribution is 2.41. The first-order valence-electron chi connectivity index (χ1n) is 26.0. The Kier molecular flexibility index (Phi) is 10.0. The summed E-state index contributed by atoms with van der Waals surface area (Å²) >= 11 is 0. The molecule has 0 saturated heterocycles. The standard InChI is InChI=1S/C72H48N2O/c1-3-15-47(16-4-1)49-19-11-21-51(39-49)53-23-13-25-55(41-53)57-31-35-69-63(43-57)61-27-7-9-29-67(61)73(69)59-33-37-71-65(45-59)66-46-60(34-38-72(66)75-71)74-68-30-10-8-28-62(68)64-44-58(32-36-70(64)74)56-26-14-24-54(42-56)52-22-12-20-50(40-52)48-17-5-2-6-18-48/h1-11,13-19,21-46H,12,20H2. The number of nitrogens with zero attached hydrogens (tertiary/aromatic N) is 2. The average Bonchev–Trinajstić information content (AvgIpc) is 4.14. The number of hydrogen-bond donors (Lipinski definition) is 0. The molecule has 0 aliphatic heterocycles. The molecule has 0 saturated carbocycles. The van der Waals surface area contributed by atoms with Gasteiger partial charge in [-0.05, 0) is 171 Å². The summed E-state index contributed by atoms with van der Waals surface area (Å²) in [6.45, 7) is 0. The van der Waals surface area contributed by atoms with Crippen LogP contribution in [0.3, 0.4) is 0 Å². The smallest absolute Gasteiger partial charge is 0.135 e. The van der Waals surface area contributed by atoms with Crippen molar-refractivity contribution in [3.8, 4) is 55.9 Å². The molecule has 0 atom stereocenters. The molecular formula is C72H48N2O. The highest BCUT2D eigenvalue weighted by Gasteiger charge is 2.19. The first kappa shape index (κ1) is 42.9. The molecule has 75 heavy (non-hydrogen) atoms. The van der Waals surface area contributed by atoms with Crippen LogP contribution in [0.25, 0.3) is 133 Å². The molecule has 11 aromatic carbocycles. The van der Waals surface area contributed by atoms with Crippen molar-refractivity contribution in [2.75, 3.05) is 0 Å². The highest BCUT2D eigenvalue weighted by molar-refractivity contribution is 6.13. The molecule has 3 heteroatoms. The van der Waals surface area contributed by atoms with Crippen LogP contribution in [0.15, 0.2) is 271 Å². The third-order valence-electron chi connectivity index (χ3n) is 15.6. The fourth-order valence-corrected chi connectivity index (χ4v) is 11.9. The second-order valence-corrected chi connectivity index (χ2v) is 20.0. The van der Waals surface area contributed by atoms with E-state index in [4.69, 9.17) is 4.42 Å². The molecule has 3 heterocycles. The van der Waals surface area contributed by atoms with Crippen molar-refractivity contribution < 1.29 is 4.42 Å². The van der Waals surface area contributed by atoms with Gasteiger partial charge < -0.3 is 13.6 Å². The molecule has 352 valence electrons. The fourth-order valence-electron chi connectivity index (χ4n) is 11.9. The van der Waals surface area contributed by atoms with Crippen molar-refractivity contribution in [1.29, 1.82) is 0 Å². The third kappa shape index (κ3) is 7.35. The van der Waals surface area contributed by atoms with Crippen LogP contribution < -0.4 is 0 Å². The van der Waals surface area contributed by atoms with E-state index in [1.165, 1.54) is 105 Å². The molecular weight excluding hydrogens is 909 g/mol. The van der Waals surface area contributed by atoms with Crippen LogP contribution >= 0.6 is 0 Å². The molecule has 0 N–H and O–H groups in total. The van der Waals surface area contributed by atoms with E-state index in [0.29, 0.717) is 0 Å². The van der Waals surface area contributed by atoms with Crippen molar-refractivity contribution in [2.45, 2.75) is 12.8 Å². The lowest BCUT2D eigenvalue weighted by Crippen LogP contribution is -1.94. The predicted molar refractivity (Wildman–Crippen MR) is 316 cm³/mol. The van der Waals surface area contributed by atoms with Crippen LogP contribution in [0.2, 0.25) is 0 Å². The molecule has 3 nitrogen and oxygen atoms in total. The summed E-state index contributed by atoms with van der Waals surface area (Å²) in [4.78, 5) is 0. The second-order valence-electron chi connectivity index (χ2n) is 20.0. The minimum atomic E-state index is 0.869. The van der Waals surface area contributed by atoms with Gasteiger partial charge in [0.25, 0.3) is 0 Å². The zero-order chi connectivity index (χ0) is 49.4. The third-order valence-corrected chi connectivity index (χ3v) is 15.6. The van der Waals surface area contributed by atoms with Crippen molar-refractivity contribution in [3.63, 3.8) is 0 Å². The normalized spacial score (nSPS) is 12.9. The number of rotatable bonds is 8. The summed E-state index contributed by atoms with van der Waals surface area (Å²) in [5.41, 5.74) is 23.5. The summed E-state index contributed by atoms with van der Waals surface area (Å²) in [6.07, 6.45) is 6.87. The van der Waals surface area contributed by atoms with Crippen molar-refractivity contribution in [3.05, 3.63) is 278 Å². The van der Waals surface area contributed by atoms with Crippen LogP contribution in [0.4, 0.5) is 0 Å².